The predicted octanol–water partition coefficient (Wildman–Crippen LogP) is 6.12. The number of thioether (sulfide) groups is 1. The molecule has 6 nitrogen and oxygen atoms in total. The Morgan fingerprint density at radius 2 is 1.81 bits per heavy atom. The monoisotopic (exact) mass is 533 g/mol. The summed E-state index contributed by atoms with van der Waals surface area (Å²) < 4.78 is 3.40. The topological polar surface area (TPSA) is 65.8 Å². The van der Waals surface area contributed by atoms with Crippen molar-refractivity contribution in [1.82, 2.24) is 9.55 Å². The summed E-state index contributed by atoms with van der Waals surface area (Å²) in [6.07, 6.45) is 0. The highest BCUT2D eigenvalue weighted by Crippen LogP contribution is 2.28. The van der Waals surface area contributed by atoms with Gasteiger partial charge >= 0.3 is 0 Å². The van der Waals surface area contributed by atoms with E-state index in [0.717, 1.165) is 27.2 Å². The van der Waals surface area contributed by atoms with Crippen LogP contribution >= 0.6 is 51.5 Å². The maximum atomic E-state index is 12.4. The lowest BCUT2D eigenvalue weighted by Crippen LogP contribution is -2.29. The second-order valence-corrected chi connectivity index (χ2v) is 9.46. The van der Waals surface area contributed by atoms with E-state index in [2.05, 4.69) is 31.1 Å². The molecule has 4 rings (SSSR count). The van der Waals surface area contributed by atoms with Gasteiger partial charge in [-0.15, -0.1) is 5.10 Å². The van der Waals surface area contributed by atoms with E-state index in [1.165, 1.54) is 11.8 Å². The van der Waals surface area contributed by atoms with Crippen LogP contribution in [0.25, 0.3) is 5.69 Å². The molecule has 1 amide bonds. The number of imidazole rings is 1. The van der Waals surface area contributed by atoms with Crippen molar-refractivity contribution in [3.05, 3.63) is 74.2 Å². The smallest absolute Gasteiger partial charge is 0.243 e. The Balaban J connectivity index is 1.72. The molecule has 0 bridgehead atoms. The van der Waals surface area contributed by atoms with Crippen LogP contribution in [-0.2, 0) is 4.79 Å². The summed E-state index contributed by atoms with van der Waals surface area (Å²) in [4.78, 5) is 17.2. The van der Waals surface area contributed by atoms with Crippen molar-refractivity contribution in [2.45, 2.75) is 13.8 Å². The van der Waals surface area contributed by atoms with Crippen molar-refractivity contribution in [2.75, 3.05) is 10.7 Å². The average Bonchev–Trinajstić information content (AvgIpc) is 3.26. The van der Waals surface area contributed by atoms with Gasteiger partial charge in [-0.05, 0) is 74.6 Å². The van der Waals surface area contributed by atoms with E-state index in [9.17, 15) is 4.79 Å². The van der Waals surface area contributed by atoms with Crippen LogP contribution in [-0.4, -0.2) is 32.1 Å². The van der Waals surface area contributed by atoms with Crippen LogP contribution in [0.3, 0.4) is 0 Å². The first-order chi connectivity index (χ1) is 14.8. The Kier molecular flexibility index (Phi) is 6.47. The Morgan fingerprint density at radius 1 is 1.16 bits per heavy atom. The van der Waals surface area contributed by atoms with Gasteiger partial charge in [0, 0.05) is 20.9 Å². The van der Waals surface area contributed by atoms with E-state index in [4.69, 9.17) is 23.8 Å². The van der Waals surface area contributed by atoms with Gasteiger partial charge in [-0.25, -0.2) is 0 Å². The van der Waals surface area contributed by atoms with Gasteiger partial charge < -0.3 is 4.98 Å². The zero-order chi connectivity index (χ0) is 22.1. The van der Waals surface area contributed by atoms with Crippen LogP contribution in [0.1, 0.15) is 18.3 Å². The van der Waals surface area contributed by atoms with Crippen LogP contribution in [0.5, 0.6) is 0 Å². The summed E-state index contributed by atoms with van der Waals surface area (Å²) in [6.45, 7) is 3.80. The summed E-state index contributed by atoms with van der Waals surface area (Å²) in [5.41, 5.74) is 4.00. The highest BCUT2D eigenvalue weighted by atomic mass is 79.9. The molecule has 0 radical (unpaired) electrons. The number of amidine groups is 1. The van der Waals surface area contributed by atoms with E-state index in [1.54, 1.807) is 4.90 Å². The predicted molar refractivity (Wildman–Crippen MR) is 134 cm³/mol. The summed E-state index contributed by atoms with van der Waals surface area (Å²) >= 11 is 16.3. The number of carbonyl (C=O) groups excluding carboxylic acids is 1. The number of amides is 1. The molecule has 0 aliphatic carbocycles. The van der Waals surface area contributed by atoms with Gasteiger partial charge in [0.25, 0.3) is 0 Å². The Bertz CT molecular complexity index is 1260. The molecule has 158 valence electrons. The highest BCUT2D eigenvalue weighted by Gasteiger charge is 2.30. The van der Waals surface area contributed by atoms with Gasteiger partial charge in [0.1, 0.15) is 0 Å². The number of carbonyl (C=O) groups is 1. The number of hydrogen-bond acceptors (Lipinski definition) is 5. The normalized spacial score (nSPS) is 15.9. The van der Waals surface area contributed by atoms with E-state index >= 15 is 0 Å². The van der Waals surface area contributed by atoms with E-state index in [0.29, 0.717) is 26.4 Å². The SMILES string of the molecule is C/C(=N\N=C1/SCC(=O)N1c1ccc(Br)cc1)c1c(C)[nH]c(=S)n1-c1ccc(Cl)cc1. The minimum atomic E-state index is -0.0270. The molecule has 2 aromatic carbocycles. The van der Waals surface area contributed by atoms with Crippen LogP contribution in [0.4, 0.5) is 5.69 Å². The fourth-order valence-electron chi connectivity index (χ4n) is 3.26. The van der Waals surface area contributed by atoms with Crippen molar-refractivity contribution >= 4 is 74.0 Å². The second kappa shape index (κ2) is 9.12. The molecule has 2 heterocycles. The van der Waals surface area contributed by atoms with Gasteiger partial charge in [-0.2, -0.15) is 5.10 Å². The van der Waals surface area contributed by atoms with Crippen molar-refractivity contribution < 1.29 is 4.79 Å². The van der Waals surface area contributed by atoms with Crippen molar-refractivity contribution in [3.63, 3.8) is 0 Å². The molecule has 1 aromatic heterocycles. The van der Waals surface area contributed by atoms with Crippen LogP contribution in [0.15, 0.2) is 63.2 Å². The average molecular weight is 535 g/mol. The maximum Gasteiger partial charge on any atom is 0.243 e. The molecule has 0 unspecified atom stereocenters. The zero-order valence-electron chi connectivity index (χ0n) is 16.6. The highest BCUT2D eigenvalue weighted by molar-refractivity contribution is 9.10. The molecule has 0 atom stereocenters. The quantitative estimate of drug-likeness (QED) is 0.249. The molecule has 1 aliphatic rings. The van der Waals surface area contributed by atoms with Gasteiger partial charge in [0.15, 0.2) is 9.94 Å². The van der Waals surface area contributed by atoms with Gasteiger partial charge in [-0.3, -0.25) is 14.3 Å². The first kappa shape index (κ1) is 22.0. The first-order valence-corrected chi connectivity index (χ1v) is 11.8. The molecule has 0 saturated carbocycles. The van der Waals surface area contributed by atoms with Crippen molar-refractivity contribution in [3.8, 4) is 5.69 Å². The number of nitrogens with one attached hydrogen (secondary N) is 1. The maximum absolute atomic E-state index is 12.4. The number of aromatic nitrogens is 2. The molecule has 1 N–H and O–H groups in total. The fourth-order valence-corrected chi connectivity index (χ4v) is 4.82. The zero-order valence-corrected chi connectivity index (χ0v) is 20.6. The number of halogens is 2. The van der Waals surface area contributed by atoms with E-state index in [1.807, 2.05) is 66.9 Å². The van der Waals surface area contributed by atoms with Crippen LogP contribution < -0.4 is 4.90 Å². The summed E-state index contributed by atoms with van der Waals surface area (Å²) in [7, 11) is 0. The number of H-pyrrole nitrogens is 1. The minimum absolute atomic E-state index is 0.0270. The van der Waals surface area contributed by atoms with Crippen LogP contribution in [0.2, 0.25) is 5.02 Å². The number of aromatic amines is 1. The molecule has 1 aliphatic heterocycles. The van der Waals surface area contributed by atoms with Crippen molar-refractivity contribution in [2.24, 2.45) is 10.2 Å². The lowest BCUT2D eigenvalue weighted by atomic mass is 10.2. The number of nitrogens with zero attached hydrogens (tertiary/aromatic N) is 4. The largest absolute Gasteiger partial charge is 0.334 e. The van der Waals surface area contributed by atoms with Crippen molar-refractivity contribution in [1.29, 1.82) is 0 Å². The molecule has 3 aromatic rings. The fraction of sp³-hybridized carbons (Fsp3) is 0.143. The van der Waals surface area contributed by atoms with Gasteiger partial charge in [0.05, 0.1) is 22.8 Å². The Morgan fingerprint density at radius 3 is 2.48 bits per heavy atom. The van der Waals surface area contributed by atoms with E-state index < -0.39 is 0 Å². The number of aryl methyl sites for hydroxylation is 1. The number of hydrogen-bond donors (Lipinski definition) is 1. The molecule has 10 heteroatoms. The van der Waals surface area contributed by atoms with Gasteiger partial charge in [-0.1, -0.05) is 39.3 Å². The third kappa shape index (κ3) is 4.55. The molecule has 1 saturated heterocycles. The lowest BCUT2D eigenvalue weighted by Gasteiger charge is -2.15. The Hall–Kier alpha value is -2.20. The summed E-state index contributed by atoms with van der Waals surface area (Å²) in [5, 5.41) is 10.0. The summed E-state index contributed by atoms with van der Waals surface area (Å²) in [5.74, 6) is 0.300. The molecular formula is C21H17BrClN5OS2. The van der Waals surface area contributed by atoms with E-state index in [-0.39, 0.29) is 5.91 Å². The number of anilines is 1. The van der Waals surface area contributed by atoms with Crippen LogP contribution in [0, 0.1) is 11.7 Å². The standard InChI is InChI=1S/C21H17BrClN5OS2/c1-12-19(28(20(30)24-12)17-9-5-15(23)6-10-17)13(2)25-26-21-27(18(29)11-31-21)16-7-3-14(22)4-8-16/h3-10H,11H2,1-2H3,(H,24,30)/b25-13+,26-21-. The van der Waals surface area contributed by atoms with Gasteiger partial charge in [0.2, 0.25) is 5.91 Å². The number of rotatable bonds is 4. The third-order valence-electron chi connectivity index (χ3n) is 4.64. The molecule has 0 spiro atoms. The lowest BCUT2D eigenvalue weighted by molar-refractivity contribution is -0.115. The summed E-state index contributed by atoms with van der Waals surface area (Å²) in [6, 6.07) is 14.9. The Labute approximate surface area is 202 Å². The molecule has 1 fully saturated rings. The molecule has 31 heavy (non-hydrogen) atoms. The second-order valence-electron chi connectivity index (χ2n) is 6.78. The third-order valence-corrected chi connectivity index (χ3v) is 6.62. The minimum Gasteiger partial charge on any atom is -0.334 e. The molecular weight excluding hydrogens is 518 g/mol. The number of benzene rings is 2. The first-order valence-electron chi connectivity index (χ1n) is 9.26.